The van der Waals surface area contributed by atoms with Gasteiger partial charge >= 0.3 is 0 Å². The molecule has 0 heterocycles. The van der Waals surface area contributed by atoms with Crippen molar-refractivity contribution in [2.24, 2.45) is 11.8 Å². The molecule has 19 heavy (non-hydrogen) atoms. The molecule has 0 spiro atoms. The highest BCUT2D eigenvalue weighted by molar-refractivity contribution is 7.98. The molecule has 2 nitrogen and oxygen atoms in total. The van der Waals surface area contributed by atoms with Crippen molar-refractivity contribution in [3.63, 3.8) is 0 Å². The second-order valence-electron chi connectivity index (χ2n) is 5.60. The van der Waals surface area contributed by atoms with Gasteiger partial charge in [0, 0.05) is 10.9 Å². The predicted octanol–water partition coefficient (Wildman–Crippen LogP) is 4.52. The number of rotatable bonds is 3. The number of nitrogens with one attached hydrogen (secondary N) is 1. The van der Waals surface area contributed by atoms with Crippen LogP contribution in [0.15, 0.2) is 23.1 Å². The van der Waals surface area contributed by atoms with Gasteiger partial charge in [0.2, 0.25) is 0 Å². The second kappa shape index (κ2) is 6.34. The number of hydrogen-bond donors (Lipinski definition) is 1. The smallest absolute Gasteiger partial charge is 0.102 e. The van der Waals surface area contributed by atoms with Gasteiger partial charge in [-0.3, -0.25) is 0 Å². The fraction of sp³-hybridized carbons (Fsp3) is 0.562. The van der Waals surface area contributed by atoms with Crippen molar-refractivity contribution in [3.8, 4) is 6.07 Å². The van der Waals surface area contributed by atoms with E-state index in [9.17, 15) is 5.26 Å². The number of thioether (sulfide) groups is 1. The number of benzene rings is 1. The molecule has 1 aliphatic rings. The maximum atomic E-state index is 9.35. The molecule has 3 atom stereocenters. The molecule has 0 saturated heterocycles. The summed E-state index contributed by atoms with van der Waals surface area (Å²) in [5.41, 5.74) is 1.79. The van der Waals surface area contributed by atoms with Crippen molar-refractivity contribution >= 4 is 17.4 Å². The summed E-state index contributed by atoms with van der Waals surface area (Å²) in [4.78, 5) is 1.06. The maximum Gasteiger partial charge on any atom is 0.102 e. The van der Waals surface area contributed by atoms with Crippen molar-refractivity contribution < 1.29 is 0 Å². The second-order valence-corrected chi connectivity index (χ2v) is 6.45. The van der Waals surface area contributed by atoms with Crippen LogP contribution in [0.3, 0.4) is 0 Å². The van der Waals surface area contributed by atoms with E-state index in [0.29, 0.717) is 6.04 Å². The molecule has 1 N–H and O–H groups in total. The summed E-state index contributed by atoms with van der Waals surface area (Å²) in [6.07, 6.45) is 5.71. The zero-order valence-corrected chi connectivity index (χ0v) is 12.8. The van der Waals surface area contributed by atoms with Crippen molar-refractivity contribution in [2.45, 2.75) is 44.0 Å². The standard InChI is InChI=1S/C16H22N2S/c1-11-7-8-13(9-12(11)2)18-15-5-4-6-16(19-3)14(15)10-17/h4-6,11-13,18H,7-9H2,1-3H3. The molecular formula is C16H22N2S. The lowest BCUT2D eigenvalue weighted by molar-refractivity contribution is 0.261. The first-order valence-electron chi connectivity index (χ1n) is 6.99. The summed E-state index contributed by atoms with van der Waals surface area (Å²) in [5.74, 6) is 1.59. The lowest BCUT2D eigenvalue weighted by Crippen LogP contribution is -2.30. The van der Waals surface area contributed by atoms with Crippen LogP contribution in [0.1, 0.15) is 38.7 Å². The van der Waals surface area contributed by atoms with E-state index in [-0.39, 0.29) is 0 Å². The third-order valence-corrected chi connectivity index (χ3v) is 5.10. The Labute approximate surface area is 120 Å². The van der Waals surface area contributed by atoms with E-state index in [2.05, 4.69) is 25.2 Å². The van der Waals surface area contributed by atoms with Gasteiger partial charge in [-0.15, -0.1) is 11.8 Å². The van der Waals surface area contributed by atoms with Gasteiger partial charge in [0.05, 0.1) is 11.3 Å². The molecule has 1 aromatic carbocycles. The first-order chi connectivity index (χ1) is 9.15. The lowest BCUT2D eigenvalue weighted by atomic mass is 9.79. The van der Waals surface area contributed by atoms with E-state index in [0.717, 1.165) is 28.0 Å². The minimum absolute atomic E-state index is 0.510. The van der Waals surface area contributed by atoms with Crippen LogP contribution in [0.5, 0.6) is 0 Å². The molecule has 0 aromatic heterocycles. The van der Waals surface area contributed by atoms with Crippen LogP contribution < -0.4 is 5.32 Å². The van der Waals surface area contributed by atoms with E-state index in [1.54, 1.807) is 11.8 Å². The summed E-state index contributed by atoms with van der Waals surface area (Å²) >= 11 is 1.63. The Morgan fingerprint density at radius 3 is 2.68 bits per heavy atom. The molecule has 0 radical (unpaired) electrons. The summed E-state index contributed by atoms with van der Waals surface area (Å²) in [6.45, 7) is 4.68. The minimum atomic E-state index is 0.510. The molecule has 102 valence electrons. The van der Waals surface area contributed by atoms with E-state index >= 15 is 0 Å². The van der Waals surface area contributed by atoms with Crippen molar-refractivity contribution in [1.82, 2.24) is 0 Å². The predicted molar refractivity (Wildman–Crippen MR) is 82.5 cm³/mol. The molecule has 2 rings (SSSR count). The van der Waals surface area contributed by atoms with Gasteiger partial charge in [-0.2, -0.15) is 5.26 Å². The first-order valence-corrected chi connectivity index (χ1v) is 8.21. The van der Waals surface area contributed by atoms with Gasteiger partial charge in [0.1, 0.15) is 6.07 Å². The Balaban J connectivity index is 2.14. The molecule has 1 saturated carbocycles. The summed E-state index contributed by atoms with van der Waals surface area (Å²) in [5, 5.41) is 12.9. The molecule has 1 aromatic rings. The number of nitriles is 1. The van der Waals surface area contributed by atoms with Crippen molar-refractivity contribution in [3.05, 3.63) is 23.8 Å². The summed E-state index contributed by atoms with van der Waals surface area (Å²) in [7, 11) is 0. The number of hydrogen-bond acceptors (Lipinski definition) is 3. The molecule has 0 aliphatic heterocycles. The fourth-order valence-electron chi connectivity index (χ4n) is 2.84. The molecule has 3 unspecified atom stereocenters. The van der Waals surface area contributed by atoms with E-state index in [1.165, 1.54) is 19.3 Å². The van der Waals surface area contributed by atoms with Gasteiger partial charge in [-0.05, 0) is 49.5 Å². The largest absolute Gasteiger partial charge is 0.381 e. The summed E-state index contributed by atoms with van der Waals surface area (Å²) < 4.78 is 0. The average molecular weight is 274 g/mol. The quantitative estimate of drug-likeness (QED) is 0.823. The lowest BCUT2D eigenvalue weighted by Gasteiger charge is -2.33. The van der Waals surface area contributed by atoms with Gasteiger partial charge in [0.25, 0.3) is 0 Å². The van der Waals surface area contributed by atoms with E-state index < -0.39 is 0 Å². The van der Waals surface area contributed by atoms with Crippen LogP contribution in [-0.4, -0.2) is 12.3 Å². The van der Waals surface area contributed by atoms with Gasteiger partial charge < -0.3 is 5.32 Å². The van der Waals surface area contributed by atoms with Crippen molar-refractivity contribution in [2.75, 3.05) is 11.6 Å². The monoisotopic (exact) mass is 274 g/mol. The maximum absolute atomic E-state index is 9.35. The average Bonchev–Trinajstić information content (AvgIpc) is 2.42. The van der Waals surface area contributed by atoms with Gasteiger partial charge in [-0.1, -0.05) is 19.9 Å². The van der Waals surface area contributed by atoms with Crippen LogP contribution in [0, 0.1) is 23.2 Å². The highest BCUT2D eigenvalue weighted by Crippen LogP contribution is 2.33. The van der Waals surface area contributed by atoms with Gasteiger partial charge in [-0.25, -0.2) is 0 Å². The zero-order chi connectivity index (χ0) is 13.8. The molecule has 1 fully saturated rings. The zero-order valence-electron chi connectivity index (χ0n) is 11.9. The molecule has 0 bridgehead atoms. The Hall–Kier alpha value is -1.14. The topological polar surface area (TPSA) is 35.8 Å². The highest BCUT2D eigenvalue weighted by atomic mass is 32.2. The van der Waals surface area contributed by atoms with Crippen LogP contribution in [-0.2, 0) is 0 Å². The van der Waals surface area contributed by atoms with E-state index in [1.807, 2.05) is 24.5 Å². The fourth-order valence-corrected chi connectivity index (χ4v) is 3.41. The minimum Gasteiger partial charge on any atom is -0.381 e. The third kappa shape index (κ3) is 3.25. The van der Waals surface area contributed by atoms with Crippen LogP contribution in [0.25, 0.3) is 0 Å². The Morgan fingerprint density at radius 1 is 1.26 bits per heavy atom. The van der Waals surface area contributed by atoms with E-state index in [4.69, 9.17) is 0 Å². The number of nitrogens with zero attached hydrogens (tertiary/aromatic N) is 1. The SMILES string of the molecule is CSc1cccc(NC2CCC(C)C(C)C2)c1C#N. The number of anilines is 1. The Morgan fingerprint density at radius 2 is 2.05 bits per heavy atom. The Kier molecular flexibility index (Phi) is 4.76. The molecule has 1 aliphatic carbocycles. The third-order valence-electron chi connectivity index (χ3n) is 4.32. The molecule has 0 amide bonds. The van der Waals surface area contributed by atoms with Crippen LogP contribution in [0.4, 0.5) is 5.69 Å². The summed E-state index contributed by atoms with van der Waals surface area (Å²) in [6, 6.07) is 8.93. The van der Waals surface area contributed by atoms with Crippen molar-refractivity contribution in [1.29, 1.82) is 5.26 Å². The van der Waals surface area contributed by atoms with Crippen LogP contribution in [0.2, 0.25) is 0 Å². The van der Waals surface area contributed by atoms with Crippen LogP contribution >= 0.6 is 11.8 Å². The first kappa shape index (κ1) is 14.3. The Bertz CT molecular complexity index is 478. The molecular weight excluding hydrogens is 252 g/mol. The highest BCUT2D eigenvalue weighted by Gasteiger charge is 2.25. The molecule has 3 heteroatoms. The normalized spacial score (nSPS) is 26.7. The van der Waals surface area contributed by atoms with Gasteiger partial charge in [0.15, 0.2) is 0 Å².